The lowest BCUT2D eigenvalue weighted by atomic mass is 9.96. The molecule has 3 rings (SSSR count). The number of fused-ring (bicyclic) bond motifs is 2. The fourth-order valence-corrected chi connectivity index (χ4v) is 3.04. The molecule has 8 nitrogen and oxygen atoms in total. The van der Waals surface area contributed by atoms with Gasteiger partial charge in [0.05, 0.1) is 37.9 Å². The van der Waals surface area contributed by atoms with Crippen LogP contribution in [0.4, 0.5) is 0 Å². The highest BCUT2D eigenvalue weighted by Crippen LogP contribution is 2.28. The summed E-state index contributed by atoms with van der Waals surface area (Å²) in [4.78, 5) is 0. The summed E-state index contributed by atoms with van der Waals surface area (Å²) >= 11 is 0. The Kier molecular flexibility index (Phi) is 5.65. The molecule has 2 bridgehead atoms. The number of methoxy groups -OCH3 is 1. The maximum atomic E-state index is 10.6. The normalized spacial score (nSPS) is 33.3. The summed E-state index contributed by atoms with van der Waals surface area (Å²) in [7, 11) is 1.63. The zero-order chi connectivity index (χ0) is 16.2. The van der Waals surface area contributed by atoms with Gasteiger partial charge in [0.1, 0.15) is 24.2 Å². The van der Waals surface area contributed by atoms with Crippen molar-refractivity contribution in [2.75, 3.05) is 26.9 Å². The topological polar surface area (TPSA) is 105 Å². The second-order valence-electron chi connectivity index (χ2n) is 5.77. The second-order valence-corrected chi connectivity index (χ2v) is 5.77. The van der Waals surface area contributed by atoms with Gasteiger partial charge in [-0.25, -0.2) is 0 Å². The highest BCUT2D eigenvalue weighted by molar-refractivity contribution is 5.07. The lowest BCUT2D eigenvalue weighted by Gasteiger charge is -2.39. The SMILES string of the molecule is COCCN[C@H]1[C@@H]2OC[C@@H](O2)[C@@H](NCc2ccc(CO)o2)[C@@H]1O. The van der Waals surface area contributed by atoms with E-state index in [4.69, 9.17) is 23.7 Å². The molecule has 0 unspecified atom stereocenters. The van der Waals surface area contributed by atoms with E-state index < -0.39 is 12.4 Å². The number of aliphatic hydroxyl groups excluding tert-OH is 2. The number of rotatable bonds is 8. The molecule has 0 aliphatic carbocycles. The summed E-state index contributed by atoms with van der Waals surface area (Å²) in [6.45, 7) is 1.92. The molecule has 0 saturated carbocycles. The molecule has 1 aromatic rings. The van der Waals surface area contributed by atoms with E-state index in [1.165, 1.54) is 0 Å². The van der Waals surface area contributed by atoms with Gasteiger partial charge in [0.15, 0.2) is 6.29 Å². The van der Waals surface area contributed by atoms with E-state index in [-0.39, 0.29) is 24.8 Å². The van der Waals surface area contributed by atoms with Crippen molar-refractivity contribution in [1.29, 1.82) is 0 Å². The van der Waals surface area contributed by atoms with E-state index in [0.29, 0.717) is 37.8 Å². The third-order valence-corrected chi connectivity index (χ3v) is 4.23. The maximum absolute atomic E-state index is 10.6. The van der Waals surface area contributed by atoms with Crippen molar-refractivity contribution in [1.82, 2.24) is 10.6 Å². The lowest BCUT2D eigenvalue weighted by Crippen LogP contribution is -2.63. The minimum Gasteiger partial charge on any atom is -0.462 e. The molecule has 2 saturated heterocycles. The monoisotopic (exact) mass is 328 g/mol. The van der Waals surface area contributed by atoms with Crippen LogP contribution >= 0.6 is 0 Å². The number of furan rings is 1. The average Bonchev–Trinajstić information content (AvgIpc) is 3.19. The molecular weight excluding hydrogens is 304 g/mol. The third kappa shape index (κ3) is 3.74. The zero-order valence-electron chi connectivity index (χ0n) is 13.1. The summed E-state index contributed by atoms with van der Waals surface area (Å²) in [6.07, 6.45) is -1.28. The van der Waals surface area contributed by atoms with Gasteiger partial charge in [0.25, 0.3) is 0 Å². The number of hydrogen-bond donors (Lipinski definition) is 4. The van der Waals surface area contributed by atoms with Crippen molar-refractivity contribution in [2.24, 2.45) is 0 Å². The third-order valence-electron chi connectivity index (χ3n) is 4.23. The first kappa shape index (κ1) is 16.8. The van der Waals surface area contributed by atoms with Crippen LogP contribution in [0, 0.1) is 0 Å². The Morgan fingerprint density at radius 2 is 2.09 bits per heavy atom. The zero-order valence-corrected chi connectivity index (χ0v) is 13.1. The highest BCUT2D eigenvalue weighted by Gasteiger charge is 2.49. The van der Waals surface area contributed by atoms with E-state index in [0.717, 1.165) is 0 Å². The Labute approximate surface area is 134 Å². The summed E-state index contributed by atoms with van der Waals surface area (Å²) in [5.74, 6) is 1.22. The van der Waals surface area contributed by atoms with Crippen LogP contribution in [0.25, 0.3) is 0 Å². The number of hydrogen-bond acceptors (Lipinski definition) is 8. The van der Waals surface area contributed by atoms with Gasteiger partial charge in [-0.2, -0.15) is 0 Å². The van der Waals surface area contributed by atoms with Crippen LogP contribution in [-0.4, -0.2) is 67.7 Å². The fourth-order valence-electron chi connectivity index (χ4n) is 3.04. The smallest absolute Gasteiger partial charge is 0.176 e. The quantitative estimate of drug-likeness (QED) is 0.448. The van der Waals surface area contributed by atoms with Gasteiger partial charge in [0.2, 0.25) is 0 Å². The van der Waals surface area contributed by atoms with Gasteiger partial charge < -0.3 is 39.5 Å². The van der Waals surface area contributed by atoms with Gasteiger partial charge in [-0.15, -0.1) is 0 Å². The lowest BCUT2D eigenvalue weighted by molar-refractivity contribution is -0.153. The molecule has 0 spiro atoms. The van der Waals surface area contributed by atoms with Crippen LogP contribution in [0.3, 0.4) is 0 Å². The predicted octanol–water partition coefficient (Wildman–Crippen LogP) is -1.05. The minimum atomic E-state index is -0.648. The van der Waals surface area contributed by atoms with Crippen molar-refractivity contribution < 1.29 is 28.8 Å². The fraction of sp³-hybridized carbons (Fsp3) is 0.733. The molecule has 4 N–H and O–H groups in total. The molecule has 3 heterocycles. The average molecular weight is 328 g/mol. The summed E-state index contributed by atoms with van der Waals surface area (Å²) < 4.78 is 21.9. The van der Waals surface area contributed by atoms with Crippen LogP contribution in [-0.2, 0) is 27.4 Å². The molecule has 2 fully saturated rings. The van der Waals surface area contributed by atoms with Gasteiger partial charge in [-0.05, 0) is 12.1 Å². The van der Waals surface area contributed by atoms with Gasteiger partial charge in [-0.3, -0.25) is 0 Å². The van der Waals surface area contributed by atoms with E-state index in [1.54, 1.807) is 19.2 Å². The Morgan fingerprint density at radius 3 is 2.83 bits per heavy atom. The molecule has 2 aliphatic heterocycles. The number of ether oxygens (including phenoxy) is 3. The molecule has 2 aliphatic rings. The number of nitrogens with one attached hydrogen (secondary N) is 2. The maximum Gasteiger partial charge on any atom is 0.176 e. The van der Waals surface area contributed by atoms with Crippen LogP contribution in [0.5, 0.6) is 0 Å². The van der Waals surface area contributed by atoms with Crippen LogP contribution in [0.2, 0.25) is 0 Å². The first-order chi connectivity index (χ1) is 11.2. The van der Waals surface area contributed by atoms with Crippen molar-refractivity contribution >= 4 is 0 Å². The van der Waals surface area contributed by atoms with Gasteiger partial charge in [0, 0.05) is 13.7 Å². The molecule has 5 atom stereocenters. The first-order valence-corrected chi connectivity index (χ1v) is 7.82. The minimum absolute atomic E-state index is 0.126. The Bertz CT molecular complexity index is 496. The molecular formula is C15H24N2O6. The summed E-state index contributed by atoms with van der Waals surface area (Å²) in [5, 5.41) is 26.2. The van der Waals surface area contributed by atoms with Gasteiger partial charge >= 0.3 is 0 Å². The van der Waals surface area contributed by atoms with E-state index in [1.807, 2.05) is 0 Å². The molecule has 130 valence electrons. The summed E-state index contributed by atoms with van der Waals surface area (Å²) in [5.41, 5.74) is 0. The second kappa shape index (κ2) is 7.71. The number of aliphatic hydroxyl groups is 2. The van der Waals surface area contributed by atoms with Crippen molar-refractivity contribution in [2.45, 2.75) is 43.7 Å². The van der Waals surface area contributed by atoms with Crippen LogP contribution < -0.4 is 10.6 Å². The standard InChI is InChI=1S/C15H24N2O6/c1-20-5-4-16-13-14(19)12(11-8-21-15(13)23-11)17-6-9-2-3-10(7-18)22-9/h2-3,11-19H,4-8H2,1H3/t11-,12-,13-,14+,15-/m1/s1. The molecule has 23 heavy (non-hydrogen) atoms. The van der Waals surface area contributed by atoms with Crippen molar-refractivity contribution in [3.8, 4) is 0 Å². The van der Waals surface area contributed by atoms with E-state index >= 15 is 0 Å². The van der Waals surface area contributed by atoms with Crippen LogP contribution in [0.1, 0.15) is 11.5 Å². The first-order valence-electron chi connectivity index (χ1n) is 7.82. The van der Waals surface area contributed by atoms with Gasteiger partial charge in [-0.1, -0.05) is 0 Å². The van der Waals surface area contributed by atoms with E-state index in [2.05, 4.69) is 10.6 Å². The molecule has 1 aromatic heterocycles. The Balaban J connectivity index is 1.58. The molecule has 8 heteroatoms. The molecule has 0 amide bonds. The molecule has 0 radical (unpaired) electrons. The largest absolute Gasteiger partial charge is 0.462 e. The molecule has 0 aromatic carbocycles. The summed E-state index contributed by atoms with van der Waals surface area (Å²) in [6, 6.07) is 2.95. The van der Waals surface area contributed by atoms with Crippen molar-refractivity contribution in [3.05, 3.63) is 23.7 Å². The van der Waals surface area contributed by atoms with E-state index in [9.17, 15) is 5.11 Å². The Morgan fingerprint density at radius 1 is 1.26 bits per heavy atom. The Hall–Kier alpha value is -1.00. The van der Waals surface area contributed by atoms with Crippen molar-refractivity contribution in [3.63, 3.8) is 0 Å². The van der Waals surface area contributed by atoms with Crippen LogP contribution in [0.15, 0.2) is 16.5 Å². The highest BCUT2D eigenvalue weighted by atomic mass is 16.7. The predicted molar refractivity (Wildman–Crippen MR) is 79.5 cm³/mol.